The van der Waals surface area contributed by atoms with E-state index in [4.69, 9.17) is 0 Å². The lowest BCUT2D eigenvalue weighted by atomic mass is 9.91. The second kappa shape index (κ2) is 4.45. The minimum atomic E-state index is -0.880. The predicted octanol–water partition coefficient (Wildman–Crippen LogP) is 1.58. The summed E-state index contributed by atoms with van der Waals surface area (Å²) in [6.07, 6.45) is 3.72. The van der Waals surface area contributed by atoms with Gasteiger partial charge in [-0.05, 0) is 12.0 Å². The summed E-state index contributed by atoms with van der Waals surface area (Å²) in [6, 6.07) is 9.66. The smallest absolute Gasteiger partial charge is 0.137 e. The number of benzene rings is 1. The van der Waals surface area contributed by atoms with Gasteiger partial charge in [0.15, 0.2) is 0 Å². The van der Waals surface area contributed by atoms with Crippen molar-refractivity contribution >= 4 is 0 Å². The number of aromatic nitrogens is 3. The van der Waals surface area contributed by atoms with E-state index in [0.717, 1.165) is 5.56 Å². The maximum absolute atomic E-state index is 10.6. The normalized spacial score (nSPS) is 14.6. The highest BCUT2D eigenvalue weighted by atomic mass is 16.3. The third-order valence-corrected chi connectivity index (χ3v) is 2.79. The molecular weight excluding hydrogens is 202 g/mol. The molecule has 0 aliphatic carbocycles. The molecule has 4 heteroatoms. The molecule has 2 rings (SSSR count). The van der Waals surface area contributed by atoms with Crippen molar-refractivity contribution < 1.29 is 5.11 Å². The minimum absolute atomic E-state index is 0.424. The Balaban J connectivity index is 2.26. The summed E-state index contributed by atoms with van der Waals surface area (Å²) < 4.78 is 1.65. The summed E-state index contributed by atoms with van der Waals surface area (Å²) >= 11 is 0. The number of rotatable bonds is 4. The lowest BCUT2D eigenvalue weighted by Gasteiger charge is -2.27. The third kappa shape index (κ3) is 2.12. The molecule has 0 saturated heterocycles. The first-order chi connectivity index (χ1) is 7.74. The van der Waals surface area contributed by atoms with E-state index in [9.17, 15) is 5.11 Å². The van der Waals surface area contributed by atoms with Crippen LogP contribution in [0.1, 0.15) is 18.9 Å². The summed E-state index contributed by atoms with van der Waals surface area (Å²) in [4.78, 5) is 3.88. The second-order valence-corrected chi connectivity index (χ2v) is 3.84. The van der Waals surface area contributed by atoms with Gasteiger partial charge in [0.1, 0.15) is 18.3 Å². The van der Waals surface area contributed by atoms with Crippen molar-refractivity contribution in [3.8, 4) is 0 Å². The quantitative estimate of drug-likeness (QED) is 0.845. The van der Waals surface area contributed by atoms with Crippen molar-refractivity contribution in [3.63, 3.8) is 0 Å². The molecule has 1 heterocycles. The molecule has 0 fully saturated rings. The molecule has 1 aromatic carbocycles. The zero-order valence-electron chi connectivity index (χ0n) is 9.24. The molecule has 1 atom stereocenters. The van der Waals surface area contributed by atoms with E-state index >= 15 is 0 Å². The third-order valence-electron chi connectivity index (χ3n) is 2.79. The molecular formula is C12H15N3O. The van der Waals surface area contributed by atoms with Gasteiger partial charge in [-0.3, -0.25) is 0 Å². The molecule has 1 N–H and O–H groups in total. The van der Waals surface area contributed by atoms with Crippen LogP contribution in [0.15, 0.2) is 43.0 Å². The molecule has 84 valence electrons. The van der Waals surface area contributed by atoms with Crippen LogP contribution in [-0.4, -0.2) is 19.9 Å². The molecule has 0 spiro atoms. The Bertz CT molecular complexity index is 427. The fraction of sp³-hybridized carbons (Fsp3) is 0.333. The Morgan fingerprint density at radius 2 is 2.06 bits per heavy atom. The van der Waals surface area contributed by atoms with Crippen LogP contribution in [-0.2, 0) is 12.1 Å². The van der Waals surface area contributed by atoms with Gasteiger partial charge in [-0.2, -0.15) is 5.10 Å². The van der Waals surface area contributed by atoms with Gasteiger partial charge in [-0.25, -0.2) is 9.67 Å². The Morgan fingerprint density at radius 3 is 2.62 bits per heavy atom. The average molecular weight is 217 g/mol. The van der Waals surface area contributed by atoms with Gasteiger partial charge in [-0.15, -0.1) is 0 Å². The predicted molar refractivity (Wildman–Crippen MR) is 60.7 cm³/mol. The van der Waals surface area contributed by atoms with Crippen LogP contribution >= 0.6 is 0 Å². The van der Waals surface area contributed by atoms with Gasteiger partial charge in [0, 0.05) is 0 Å². The molecule has 0 saturated carbocycles. The molecule has 0 aliphatic rings. The topological polar surface area (TPSA) is 50.9 Å². The minimum Gasteiger partial charge on any atom is -0.383 e. The Kier molecular flexibility index (Phi) is 3.01. The number of nitrogens with zero attached hydrogens (tertiary/aromatic N) is 3. The summed E-state index contributed by atoms with van der Waals surface area (Å²) in [6.45, 7) is 2.39. The zero-order chi connectivity index (χ0) is 11.4. The Morgan fingerprint density at radius 1 is 1.31 bits per heavy atom. The first kappa shape index (κ1) is 10.8. The molecule has 4 nitrogen and oxygen atoms in total. The van der Waals surface area contributed by atoms with Crippen molar-refractivity contribution in [2.75, 3.05) is 0 Å². The van der Waals surface area contributed by atoms with E-state index < -0.39 is 5.60 Å². The molecule has 1 aromatic heterocycles. The van der Waals surface area contributed by atoms with E-state index in [0.29, 0.717) is 13.0 Å². The Hall–Kier alpha value is -1.68. The maximum atomic E-state index is 10.6. The fourth-order valence-corrected chi connectivity index (χ4v) is 1.74. The molecule has 0 aliphatic heterocycles. The van der Waals surface area contributed by atoms with Crippen molar-refractivity contribution in [2.24, 2.45) is 0 Å². The number of hydrogen-bond donors (Lipinski definition) is 1. The van der Waals surface area contributed by atoms with Crippen molar-refractivity contribution in [1.82, 2.24) is 14.8 Å². The summed E-state index contributed by atoms with van der Waals surface area (Å²) in [7, 11) is 0. The van der Waals surface area contributed by atoms with Gasteiger partial charge < -0.3 is 5.11 Å². The van der Waals surface area contributed by atoms with E-state index in [1.165, 1.54) is 6.33 Å². The SMILES string of the molecule is CCC(O)(Cn1cncn1)c1ccccc1. The van der Waals surface area contributed by atoms with Crippen LogP contribution in [0.4, 0.5) is 0 Å². The highest BCUT2D eigenvalue weighted by molar-refractivity contribution is 5.21. The molecule has 16 heavy (non-hydrogen) atoms. The van der Waals surface area contributed by atoms with E-state index in [2.05, 4.69) is 10.1 Å². The standard InChI is InChI=1S/C12H15N3O/c1-2-12(16,8-15-10-13-9-14-15)11-6-4-3-5-7-11/h3-7,9-10,16H,2,8H2,1H3. The van der Waals surface area contributed by atoms with Crippen LogP contribution in [0.3, 0.4) is 0 Å². The van der Waals surface area contributed by atoms with Crippen LogP contribution in [0.25, 0.3) is 0 Å². The first-order valence-electron chi connectivity index (χ1n) is 5.35. The lowest BCUT2D eigenvalue weighted by Crippen LogP contribution is -2.30. The number of hydrogen-bond acceptors (Lipinski definition) is 3. The molecule has 0 amide bonds. The Labute approximate surface area is 94.6 Å². The fourth-order valence-electron chi connectivity index (χ4n) is 1.74. The first-order valence-corrected chi connectivity index (χ1v) is 5.35. The summed E-state index contributed by atoms with van der Waals surface area (Å²) in [5, 5.41) is 14.6. The highest BCUT2D eigenvalue weighted by Gasteiger charge is 2.27. The van der Waals surface area contributed by atoms with Crippen molar-refractivity contribution in [1.29, 1.82) is 0 Å². The van der Waals surface area contributed by atoms with Crippen molar-refractivity contribution in [3.05, 3.63) is 48.5 Å². The van der Waals surface area contributed by atoms with Crippen LogP contribution < -0.4 is 0 Å². The van der Waals surface area contributed by atoms with Crippen LogP contribution in [0.2, 0.25) is 0 Å². The van der Waals surface area contributed by atoms with E-state index in [1.807, 2.05) is 37.3 Å². The van der Waals surface area contributed by atoms with E-state index in [1.54, 1.807) is 11.0 Å². The molecule has 0 radical (unpaired) electrons. The van der Waals surface area contributed by atoms with Crippen molar-refractivity contribution in [2.45, 2.75) is 25.5 Å². The zero-order valence-corrected chi connectivity index (χ0v) is 9.24. The second-order valence-electron chi connectivity index (χ2n) is 3.84. The highest BCUT2D eigenvalue weighted by Crippen LogP contribution is 2.26. The van der Waals surface area contributed by atoms with Crippen LogP contribution in [0.5, 0.6) is 0 Å². The van der Waals surface area contributed by atoms with Gasteiger partial charge >= 0.3 is 0 Å². The van der Waals surface area contributed by atoms with Gasteiger partial charge in [-0.1, -0.05) is 37.3 Å². The lowest BCUT2D eigenvalue weighted by molar-refractivity contribution is 0.0109. The molecule has 0 bridgehead atoms. The van der Waals surface area contributed by atoms with Gasteiger partial charge in [0.2, 0.25) is 0 Å². The largest absolute Gasteiger partial charge is 0.383 e. The van der Waals surface area contributed by atoms with E-state index in [-0.39, 0.29) is 0 Å². The summed E-state index contributed by atoms with van der Waals surface area (Å²) in [5.74, 6) is 0. The number of aliphatic hydroxyl groups is 1. The molecule has 1 unspecified atom stereocenters. The monoisotopic (exact) mass is 217 g/mol. The van der Waals surface area contributed by atoms with Gasteiger partial charge in [0.05, 0.1) is 6.54 Å². The average Bonchev–Trinajstić information content (AvgIpc) is 2.83. The van der Waals surface area contributed by atoms with Crippen LogP contribution in [0, 0.1) is 0 Å². The van der Waals surface area contributed by atoms with Gasteiger partial charge in [0.25, 0.3) is 0 Å². The molecule has 2 aromatic rings. The summed E-state index contributed by atoms with van der Waals surface area (Å²) in [5.41, 5.74) is 0.0302. The maximum Gasteiger partial charge on any atom is 0.137 e.